The van der Waals surface area contributed by atoms with E-state index in [4.69, 9.17) is 5.73 Å². The summed E-state index contributed by atoms with van der Waals surface area (Å²) in [5.41, 5.74) is 5.20. The second kappa shape index (κ2) is 5.10. The van der Waals surface area contributed by atoms with Crippen LogP contribution in [0.4, 0.5) is 0 Å². The Bertz CT molecular complexity index is 228. The monoisotopic (exact) mass is 198 g/mol. The van der Waals surface area contributed by atoms with E-state index in [2.05, 4.69) is 0 Å². The number of nitrogens with zero attached hydrogens (tertiary/aromatic N) is 1. The number of Topliss-reactive ketones (excluding diaryl/α,β-unsaturated/α-hetero) is 1. The highest BCUT2D eigenvalue weighted by molar-refractivity contribution is 5.80. The molecule has 0 aromatic carbocycles. The van der Waals surface area contributed by atoms with Gasteiger partial charge in [-0.2, -0.15) is 0 Å². The molecule has 14 heavy (non-hydrogen) atoms. The summed E-state index contributed by atoms with van der Waals surface area (Å²) in [6.45, 7) is 3.63. The molecule has 4 nitrogen and oxygen atoms in total. The summed E-state index contributed by atoms with van der Waals surface area (Å²) in [5.74, 6) is 0.0548. The van der Waals surface area contributed by atoms with Crippen molar-refractivity contribution in [3.05, 3.63) is 0 Å². The summed E-state index contributed by atoms with van der Waals surface area (Å²) in [4.78, 5) is 23.9. The average Bonchev–Trinajstić information content (AvgIpc) is 2.08. The zero-order valence-corrected chi connectivity index (χ0v) is 8.66. The van der Waals surface area contributed by atoms with E-state index in [-0.39, 0.29) is 11.9 Å². The largest absolute Gasteiger partial charge is 0.368 e. The Balaban J connectivity index is 2.13. The second-order valence-electron chi connectivity index (χ2n) is 3.74. The smallest absolute Gasteiger partial charge is 0.234 e. The zero-order chi connectivity index (χ0) is 10.6. The first kappa shape index (κ1) is 11.2. The molecule has 1 aliphatic rings. The fraction of sp³-hybridized carbons (Fsp3) is 0.800. The van der Waals surface area contributed by atoms with Gasteiger partial charge in [0.1, 0.15) is 5.78 Å². The summed E-state index contributed by atoms with van der Waals surface area (Å²) >= 11 is 0. The Morgan fingerprint density at radius 2 is 2.21 bits per heavy atom. The molecular weight excluding hydrogens is 180 g/mol. The number of nitrogens with two attached hydrogens (primary N) is 1. The average molecular weight is 198 g/mol. The fourth-order valence-electron chi connectivity index (χ4n) is 1.69. The van der Waals surface area contributed by atoms with E-state index >= 15 is 0 Å². The van der Waals surface area contributed by atoms with Gasteiger partial charge in [0.25, 0.3) is 0 Å². The van der Waals surface area contributed by atoms with Crippen LogP contribution in [-0.2, 0) is 9.59 Å². The summed E-state index contributed by atoms with van der Waals surface area (Å²) < 4.78 is 0. The van der Waals surface area contributed by atoms with Crippen LogP contribution < -0.4 is 5.73 Å². The molecular formula is C10H18N2O2. The fourth-order valence-corrected chi connectivity index (χ4v) is 1.69. The predicted molar refractivity (Wildman–Crippen MR) is 53.7 cm³/mol. The van der Waals surface area contributed by atoms with E-state index in [1.165, 1.54) is 0 Å². The van der Waals surface area contributed by atoms with Crippen LogP contribution in [0.25, 0.3) is 0 Å². The van der Waals surface area contributed by atoms with Crippen LogP contribution in [-0.4, -0.2) is 35.7 Å². The maximum Gasteiger partial charge on any atom is 0.234 e. The molecule has 1 saturated heterocycles. The van der Waals surface area contributed by atoms with Gasteiger partial charge in [-0.3, -0.25) is 14.5 Å². The highest BCUT2D eigenvalue weighted by Gasteiger charge is 2.31. The lowest BCUT2D eigenvalue weighted by Gasteiger charge is -2.38. The summed E-state index contributed by atoms with van der Waals surface area (Å²) in [5, 5.41) is 0. The van der Waals surface area contributed by atoms with Crippen LogP contribution in [0, 0.1) is 0 Å². The van der Waals surface area contributed by atoms with Gasteiger partial charge in [-0.15, -0.1) is 0 Å². The second-order valence-corrected chi connectivity index (χ2v) is 3.74. The van der Waals surface area contributed by atoms with Crippen molar-refractivity contribution < 1.29 is 9.59 Å². The number of hydrogen-bond donors (Lipinski definition) is 1. The molecule has 2 N–H and O–H groups in total. The molecule has 0 aliphatic carbocycles. The molecule has 1 unspecified atom stereocenters. The van der Waals surface area contributed by atoms with Gasteiger partial charge in [0.05, 0.1) is 6.04 Å². The minimum Gasteiger partial charge on any atom is -0.368 e. The summed E-state index contributed by atoms with van der Waals surface area (Å²) in [7, 11) is 0. The molecule has 0 aromatic rings. The number of likely N-dealkylation sites (tertiary alicyclic amines) is 1. The number of ketones is 1. The molecule has 0 saturated carbocycles. The first-order valence-corrected chi connectivity index (χ1v) is 5.20. The number of amides is 1. The van der Waals surface area contributed by atoms with Crippen molar-refractivity contribution in [3.8, 4) is 0 Å². The normalized spacial score (nSPS) is 21.6. The van der Waals surface area contributed by atoms with Crippen LogP contribution >= 0.6 is 0 Å². The molecule has 0 bridgehead atoms. The van der Waals surface area contributed by atoms with Crippen molar-refractivity contribution in [2.75, 3.05) is 13.1 Å². The molecule has 0 aromatic heterocycles. The number of carbonyl (C=O) groups excluding carboxylic acids is 2. The highest BCUT2D eigenvalue weighted by atomic mass is 16.1. The predicted octanol–water partition coefficient (Wildman–Crippen LogP) is 0.305. The zero-order valence-electron chi connectivity index (χ0n) is 8.66. The first-order chi connectivity index (χ1) is 6.65. The van der Waals surface area contributed by atoms with Gasteiger partial charge in [-0.25, -0.2) is 0 Å². The molecule has 1 aliphatic heterocycles. The number of carbonyl (C=O) groups is 2. The highest BCUT2D eigenvalue weighted by Crippen LogP contribution is 2.17. The van der Waals surface area contributed by atoms with Crippen molar-refractivity contribution >= 4 is 11.7 Å². The van der Waals surface area contributed by atoms with Crippen molar-refractivity contribution in [1.82, 2.24) is 4.90 Å². The van der Waals surface area contributed by atoms with Gasteiger partial charge in [-0.1, -0.05) is 6.92 Å². The Labute approximate surface area is 84.4 Å². The number of primary amides is 1. The molecule has 0 radical (unpaired) electrons. The quantitative estimate of drug-likeness (QED) is 0.668. The van der Waals surface area contributed by atoms with Crippen molar-refractivity contribution in [1.29, 1.82) is 0 Å². The third-order valence-corrected chi connectivity index (χ3v) is 2.75. The maximum absolute atomic E-state index is 11.0. The van der Waals surface area contributed by atoms with Crippen molar-refractivity contribution in [3.63, 3.8) is 0 Å². The molecule has 1 amide bonds. The Morgan fingerprint density at radius 1 is 1.50 bits per heavy atom. The van der Waals surface area contributed by atoms with Crippen LogP contribution in [0.1, 0.15) is 32.6 Å². The van der Waals surface area contributed by atoms with E-state index in [1.807, 2.05) is 11.8 Å². The van der Waals surface area contributed by atoms with Crippen LogP contribution in [0.2, 0.25) is 0 Å². The van der Waals surface area contributed by atoms with Gasteiger partial charge in [0.2, 0.25) is 5.91 Å². The molecule has 1 fully saturated rings. The van der Waals surface area contributed by atoms with Crippen molar-refractivity contribution in [2.45, 2.75) is 38.6 Å². The van der Waals surface area contributed by atoms with Crippen molar-refractivity contribution in [2.24, 2.45) is 5.73 Å². The van der Waals surface area contributed by atoms with Crippen LogP contribution in [0.3, 0.4) is 0 Å². The third kappa shape index (κ3) is 2.80. The number of rotatable bonds is 6. The van der Waals surface area contributed by atoms with E-state index in [1.54, 1.807) is 0 Å². The standard InChI is InChI=1S/C10H18N2O2/c1-2-8(13)4-3-6-12-7-5-9(12)10(11)14/h9H,2-7H2,1H3,(H2,11,14). The van der Waals surface area contributed by atoms with Gasteiger partial charge in [-0.05, 0) is 19.4 Å². The minimum absolute atomic E-state index is 0.0771. The SMILES string of the molecule is CCC(=O)CCCN1CCC1C(N)=O. The first-order valence-electron chi connectivity index (χ1n) is 5.20. The van der Waals surface area contributed by atoms with Gasteiger partial charge >= 0.3 is 0 Å². The lowest BCUT2D eigenvalue weighted by Crippen LogP contribution is -2.54. The molecule has 1 atom stereocenters. The number of hydrogen-bond acceptors (Lipinski definition) is 3. The molecule has 1 rings (SSSR count). The topological polar surface area (TPSA) is 63.4 Å². The van der Waals surface area contributed by atoms with E-state index in [9.17, 15) is 9.59 Å². The lowest BCUT2D eigenvalue weighted by molar-refractivity contribution is -0.127. The lowest BCUT2D eigenvalue weighted by atomic mass is 10.0. The van der Waals surface area contributed by atoms with E-state index in [0.29, 0.717) is 18.6 Å². The van der Waals surface area contributed by atoms with E-state index in [0.717, 1.165) is 25.9 Å². The Kier molecular flexibility index (Phi) is 4.07. The Morgan fingerprint density at radius 3 is 2.64 bits per heavy atom. The van der Waals surface area contributed by atoms with Crippen LogP contribution in [0.15, 0.2) is 0 Å². The maximum atomic E-state index is 11.0. The molecule has 0 spiro atoms. The minimum atomic E-state index is -0.238. The summed E-state index contributed by atoms with van der Waals surface area (Å²) in [6, 6.07) is -0.0771. The molecule has 1 heterocycles. The van der Waals surface area contributed by atoms with Gasteiger partial charge < -0.3 is 5.73 Å². The van der Waals surface area contributed by atoms with Gasteiger partial charge in [0, 0.05) is 19.4 Å². The van der Waals surface area contributed by atoms with Crippen LogP contribution in [0.5, 0.6) is 0 Å². The molecule has 4 heteroatoms. The molecule has 80 valence electrons. The third-order valence-electron chi connectivity index (χ3n) is 2.75. The van der Waals surface area contributed by atoms with Gasteiger partial charge in [0.15, 0.2) is 0 Å². The Hall–Kier alpha value is -0.900. The summed E-state index contributed by atoms with van der Waals surface area (Å²) in [6.07, 6.45) is 2.95. The van der Waals surface area contributed by atoms with E-state index < -0.39 is 0 Å².